The summed E-state index contributed by atoms with van der Waals surface area (Å²) < 4.78 is 6.78. The van der Waals surface area contributed by atoms with Crippen molar-refractivity contribution in [1.82, 2.24) is 10.6 Å². The molecule has 10 heteroatoms. The topological polar surface area (TPSA) is 159 Å². The number of carbonyl (C=O) groups is 4. The maximum Gasteiger partial charge on any atom is 0.322 e. The molecule has 0 aromatic rings. The molecule has 9 nitrogen and oxygen atoms in total. The number of carboxylic acids is 2. The Hall–Kier alpha value is -1.81. The molecule has 0 spiro atoms. The van der Waals surface area contributed by atoms with Crippen LogP contribution in [0, 0.1) is 0 Å². The minimum atomic E-state index is -1.26. The molecule has 20 heavy (non-hydrogen) atoms. The molecule has 2 atom stereocenters. The lowest BCUT2D eigenvalue weighted by molar-refractivity contribution is -0.139. The maximum absolute atomic E-state index is 11.6. The van der Waals surface area contributed by atoms with Crippen LogP contribution in [0.5, 0.6) is 0 Å². The summed E-state index contributed by atoms with van der Waals surface area (Å²) in [5, 5.41) is 21.5. The molecular weight excluding hydrogens is 290 g/mol. The van der Waals surface area contributed by atoms with Crippen molar-refractivity contribution in [3.63, 3.8) is 0 Å². The van der Waals surface area contributed by atoms with Gasteiger partial charge in [0, 0.05) is 12.2 Å². The van der Waals surface area contributed by atoms with E-state index in [1.807, 2.05) is 0 Å². The van der Waals surface area contributed by atoms with Crippen molar-refractivity contribution in [1.29, 1.82) is 0 Å². The number of amides is 2. The van der Waals surface area contributed by atoms with Crippen molar-refractivity contribution in [3.05, 3.63) is 0 Å². The van der Waals surface area contributed by atoms with Gasteiger partial charge in [-0.15, -0.1) is 0 Å². The van der Waals surface area contributed by atoms with E-state index in [2.05, 4.69) is 23.3 Å². The highest BCUT2D eigenvalue weighted by molar-refractivity contribution is 7.80. The first kappa shape index (κ1) is 16.2. The minimum absolute atomic E-state index is 0.0454. The van der Waals surface area contributed by atoms with Gasteiger partial charge in [0.05, 0.1) is 0 Å². The zero-order valence-corrected chi connectivity index (χ0v) is 11.4. The number of nitrogens with one attached hydrogen (secondary N) is 2. The third kappa shape index (κ3) is 7.59. The highest BCUT2D eigenvalue weighted by Crippen LogP contribution is 1.97. The molecule has 0 aromatic heterocycles. The van der Waals surface area contributed by atoms with Gasteiger partial charge in [0.25, 0.3) is 0 Å². The lowest BCUT2D eigenvalue weighted by Crippen LogP contribution is -2.49. The predicted octanol–water partition coefficient (Wildman–Crippen LogP) is -2.21. The molecule has 0 saturated carbocycles. The van der Waals surface area contributed by atoms with Gasteiger partial charge in [-0.2, -0.15) is 12.6 Å². The average Bonchev–Trinajstić information content (AvgIpc) is 2.42. The van der Waals surface area contributed by atoms with Gasteiger partial charge in [0.2, 0.25) is 11.8 Å². The second-order valence-electron chi connectivity index (χ2n) is 3.84. The van der Waals surface area contributed by atoms with Crippen molar-refractivity contribution in [2.75, 3.05) is 12.3 Å². The van der Waals surface area contributed by atoms with E-state index in [1.54, 1.807) is 5.73 Å². The zero-order valence-electron chi connectivity index (χ0n) is 11.5. The lowest BCUT2D eigenvalue weighted by atomic mass is 10.1. The van der Waals surface area contributed by atoms with Gasteiger partial charge in [0.15, 0.2) is 0 Å². The Balaban J connectivity index is 4.29. The summed E-state index contributed by atoms with van der Waals surface area (Å²) in [7, 11) is 0. The largest absolute Gasteiger partial charge is 0.480 e. The molecule has 0 radical (unpaired) electrons. The molecule has 6 N–H and O–H groups in total. The van der Waals surface area contributed by atoms with E-state index >= 15 is 0 Å². The van der Waals surface area contributed by atoms with E-state index in [9.17, 15) is 19.2 Å². The molecule has 0 heterocycles. The lowest BCUT2D eigenvalue weighted by Gasteiger charge is -2.16. The molecule has 0 saturated heterocycles. The number of carbonyl (C=O) groups excluding carboxylic acids is 2. The molecule has 0 unspecified atom stereocenters. The van der Waals surface area contributed by atoms with E-state index in [0.29, 0.717) is 0 Å². The molecule has 114 valence electrons. The minimum Gasteiger partial charge on any atom is -0.480 e. The van der Waals surface area contributed by atoms with Gasteiger partial charge in [-0.25, -0.2) is 0 Å². The molecule has 0 aliphatic heterocycles. The van der Waals surface area contributed by atoms with Crippen LogP contribution >= 0.6 is 12.6 Å². The average molecular weight is 308 g/mol. The molecule has 2 amide bonds. The van der Waals surface area contributed by atoms with Crippen molar-refractivity contribution in [2.24, 2.45) is 5.73 Å². The maximum atomic E-state index is 11.6. The van der Waals surface area contributed by atoms with Gasteiger partial charge >= 0.3 is 11.9 Å². The second kappa shape index (κ2) is 9.15. The second-order valence-corrected chi connectivity index (χ2v) is 4.21. The van der Waals surface area contributed by atoms with Crippen LogP contribution in [0.25, 0.3) is 0 Å². The van der Waals surface area contributed by atoms with Crippen molar-refractivity contribution in [2.45, 2.75) is 24.9 Å². The van der Waals surface area contributed by atoms with E-state index in [4.69, 9.17) is 11.6 Å². The Labute approximate surface area is 121 Å². The molecular formula is C10H17N3O6S. The summed E-state index contributed by atoms with van der Waals surface area (Å²) in [6, 6.07) is -2.21. The number of nitrogens with two attached hydrogens (primary N) is 1. The number of hydrogen-bond donors (Lipinski definition) is 6. The SMILES string of the molecule is [2H]N[C@@H](CCC(=O)N[C@@H](CS)C(=O)NCC(=O)O)C(=O)O. The number of rotatable bonds is 10. The van der Waals surface area contributed by atoms with Crippen LogP contribution < -0.4 is 16.4 Å². The van der Waals surface area contributed by atoms with Gasteiger partial charge < -0.3 is 26.6 Å². The highest BCUT2D eigenvalue weighted by atomic mass is 32.1. The molecule has 0 aliphatic rings. The van der Waals surface area contributed by atoms with Crippen LogP contribution in [0.3, 0.4) is 0 Å². The Morgan fingerprint density at radius 2 is 1.95 bits per heavy atom. The fraction of sp³-hybridized carbons (Fsp3) is 0.600. The first-order chi connectivity index (χ1) is 9.81. The Morgan fingerprint density at radius 1 is 1.30 bits per heavy atom. The fourth-order valence-corrected chi connectivity index (χ4v) is 1.40. The fourth-order valence-electron chi connectivity index (χ4n) is 1.15. The van der Waals surface area contributed by atoms with Gasteiger partial charge in [0.1, 0.15) is 20.0 Å². The van der Waals surface area contributed by atoms with Crippen LogP contribution in [0.15, 0.2) is 0 Å². The van der Waals surface area contributed by atoms with Gasteiger partial charge in [-0.1, -0.05) is 0 Å². The van der Waals surface area contributed by atoms with Crippen molar-refractivity contribution < 1.29 is 30.8 Å². The zero-order chi connectivity index (χ0) is 16.4. The van der Waals surface area contributed by atoms with Crippen LogP contribution in [-0.2, 0) is 19.2 Å². The summed E-state index contributed by atoms with van der Waals surface area (Å²) in [5.74, 6) is -3.83. The highest BCUT2D eigenvalue weighted by Gasteiger charge is 2.20. The predicted molar refractivity (Wildman–Crippen MR) is 71.3 cm³/mol. The Bertz CT molecular complexity index is 408. The van der Waals surface area contributed by atoms with Crippen molar-refractivity contribution >= 4 is 36.4 Å². The van der Waals surface area contributed by atoms with Gasteiger partial charge in [-0.05, 0) is 6.42 Å². The number of hydrogen-bond acceptors (Lipinski definition) is 6. The summed E-state index contributed by atoms with van der Waals surface area (Å²) >= 11 is 3.87. The third-order valence-electron chi connectivity index (χ3n) is 2.21. The molecule has 0 fully saturated rings. The summed E-state index contributed by atoms with van der Waals surface area (Å²) in [6.45, 7) is -0.581. The molecule has 0 aliphatic carbocycles. The van der Waals surface area contributed by atoms with Crippen LogP contribution in [-0.4, -0.2) is 58.3 Å². The van der Waals surface area contributed by atoms with Gasteiger partial charge in [-0.3, -0.25) is 19.2 Å². The first-order valence-corrected chi connectivity index (χ1v) is 6.24. The Kier molecular flexibility index (Phi) is 7.43. The molecule has 0 rings (SSSR count). The normalized spacial score (nSPS) is 13.8. The summed E-state index contributed by atoms with van der Waals surface area (Å²) in [5.41, 5.74) is 1.79. The van der Waals surface area contributed by atoms with Crippen LogP contribution in [0.4, 0.5) is 0 Å². The molecule has 0 bridgehead atoms. The standard InChI is InChI=1S/C10H17N3O6S/c11-5(10(18)19)1-2-7(14)13-6(4-20)9(17)12-3-8(15)16/h5-6,20H,1-4,11H2,(H,12,17)(H,13,14)(H,15,16)(H,18,19)/t5-,6-/m0/s1/i/hD. The van der Waals surface area contributed by atoms with Crippen molar-refractivity contribution in [3.8, 4) is 0 Å². The summed E-state index contributed by atoms with van der Waals surface area (Å²) in [4.78, 5) is 44.1. The van der Waals surface area contributed by atoms with Crippen LogP contribution in [0.1, 0.15) is 12.8 Å². The van der Waals surface area contributed by atoms with E-state index in [-0.39, 0.29) is 18.6 Å². The number of carboxylic acid groups (broad SMARTS) is 2. The van der Waals surface area contributed by atoms with E-state index < -0.39 is 42.4 Å². The smallest absolute Gasteiger partial charge is 0.322 e. The quantitative estimate of drug-likeness (QED) is 0.250. The van der Waals surface area contributed by atoms with E-state index in [1.165, 1.54) is 0 Å². The van der Waals surface area contributed by atoms with E-state index in [0.717, 1.165) is 0 Å². The molecule has 0 aromatic carbocycles. The summed E-state index contributed by atoms with van der Waals surface area (Å²) in [6.07, 6.45) is -0.333. The monoisotopic (exact) mass is 308 g/mol. The number of aliphatic carboxylic acids is 2. The van der Waals surface area contributed by atoms with Crippen LogP contribution in [0.2, 0.25) is 1.41 Å². The number of thiol groups is 1. The Morgan fingerprint density at radius 3 is 2.40 bits per heavy atom. The first-order valence-electron chi connectivity index (χ1n) is 6.11. The third-order valence-corrected chi connectivity index (χ3v) is 2.57.